The first kappa shape index (κ1) is 25.5. The summed E-state index contributed by atoms with van der Waals surface area (Å²) in [5, 5.41) is 2.82. The van der Waals surface area contributed by atoms with Crippen LogP contribution in [0.2, 0.25) is 0 Å². The molecule has 0 aliphatic rings. The van der Waals surface area contributed by atoms with E-state index >= 15 is 0 Å². The molecule has 3 aromatic rings. The first-order valence-electron chi connectivity index (χ1n) is 11.4. The molecule has 0 aliphatic carbocycles. The van der Waals surface area contributed by atoms with E-state index in [1.807, 2.05) is 37.3 Å². The Kier molecular flexibility index (Phi) is 7.91. The predicted octanol–water partition coefficient (Wildman–Crippen LogP) is 4.77. The molecule has 0 radical (unpaired) electrons. The van der Waals surface area contributed by atoms with E-state index in [9.17, 15) is 14.4 Å². The van der Waals surface area contributed by atoms with E-state index < -0.39 is 17.9 Å². The molecule has 7 nitrogen and oxygen atoms in total. The molecule has 1 unspecified atom stereocenters. The van der Waals surface area contributed by atoms with Gasteiger partial charge in [0, 0.05) is 16.8 Å². The lowest BCUT2D eigenvalue weighted by atomic mass is 9.87. The van der Waals surface area contributed by atoms with Gasteiger partial charge in [-0.3, -0.25) is 25.2 Å². The maximum absolute atomic E-state index is 12.5. The van der Waals surface area contributed by atoms with Crippen LogP contribution in [0, 0.1) is 6.92 Å². The molecule has 0 spiro atoms. The number of amides is 3. The van der Waals surface area contributed by atoms with Gasteiger partial charge in [0.1, 0.15) is 5.75 Å². The number of ether oxygens (including phenoxy) is 1. The van der Waals surface area contributed by atoms with Gasteiger partial charge in [0.05, 0.1) is 0 Å². The van der Waals surface area contributed by atoms with E-state index in [-0.39, 0.29) is 11.3 Å². The van der Waals surface area contributed by atoms with E-state index in [4.69, 9.17) is 4.74 Å². The van der Waals surface area contributed by atoms with Crippen LogP contribution in [0.5, 0.6) is 5.75 Å². The first-order chi connectivity index (χ1) is 16.5. The lowest BCUT2D eigenvalue weighted by Crippen LogP contribution is -2.47. The van der Waals surface area contributed by atoms with Gasteiger partial charge in [-0.25, -0.2) is 0 Å². The van der Waals surface area contributed by atoms with E-state index in [2.05, 4.69) is 36.9 Å². The largest absolute Gasteiger partial charge is 0.481 e. The van der Waals surface area contributed by atoms with Crippen molar-refractivity contribution < 1.29 is 19.1 Å². The Balaban J connectivity index is 1.51. The number of nitrogens with one attached hydrogen (secondary N) is 3. The molecular formula is C28H31N3O4. The number of aryl methyl sites for hydroxylation is 1. The highest BCUT2D eigenvalue weighted by atomic mass is 16.5. The molecule has 0 saturated carbocycles. The fraction of sp³-hybridized carbons (Fsp3) is 0.250. The van der Waals surface area contributed by atoms with Crippen LogP contribution in [0.1, 0.15) is 59.5 Å². The highest BCUT2D eigenvalue weighted by Crippen LogP contribution is 2.22. The average molecular weight is 474 g/mol. The molecule has 0 aliphatic heterocycles. The SMILES string of the molecule is Cc1cccc(OC(C)C(=O)NNC(=O)c2ccc(NC(=O)c3ccc(C(C)(C)C)cc3)cc2)c1. The van der Waals surface area contributed by atoms with Gasteiger partial charge in [0.15, 0.2) is 6.10 Å². The van der Waals surface area contributed by atoms with Gasteiger partial charge < -0.3 is 10.1 Å². The zero-order valence-corrected chi connectivity index (χ0v) is 20.6. The molecule has 7 heteroatoms. The summed E-state index contributed by atoms with van der Waals surface area (Å²) in [5.41, 5.74) is 8.33. The number of hydrogen-bond donors (Lipinski definition) is 3. The topological polar surface area (TPSA) is 96.5 Å². The molecule has 1 atom stereocenters. The van der Waals surface area contributed by atoms with Crippen molar-refractivity contribution in [1.29, 1.82) is 0 Å². The summed E-state index contributed by atoms with van der Waals surface area (Å²) in [4.78, 5) is 37.2. The first-order valence-corrected chi connectivity index (χ1v) is 11.4. The average Bonchev–Trinajstić information content (AvgIpc) is 2.82. The van der Waals surface area contributed by atoms with Crippen LogP contribution in [-0.2, 0) is 10.2 Å². The second kappa shape index (κ2) is 10.9. The van der Waals surface area contributed by atoms with Crippen molar-refractivity contribution in [3.8, 4) is 5.75 Å². The highest BCUT2D eigenvalue weighted by Gasteiger charge is 2.17. The standard InChI is InChI=1S/C28H31N3O4/c1-18-7-6-8-24(17-18)35-19(2)25(32)30-31-27(34)21-11-15-23(16-12-21)29-26(33)20-9-13-22(14-10-20)28(3,4)5/h6-17,19H,1-5H3,(H,29,33)(H,30,32)(H,31,34). The number of rotatable bonds is 6. The number of hydrazine groups is 1. The number of carbonyl (C=O) groups is 3. The molecule has 0 aromatic heterocycles. The highest BCUT2D eigenvalue weighted by molar-refractivity contribution is 6.04. The van der Waals surface area contributed by atoms with Crippen molar-refractivity contribution in [1.82, 2.24) is 10.9 Å². The van der Waals surface area contributed by atoms with E-state index in [1.54, 1.807) is 49.4 Å². The molecule has 3 rings (SSSR count). The summed E-state index contributed by atoms with van der Waals surface area (Å²) in [6.45, 7) is 9.87. The molecule has 0 saturated heterocycles. The quantitative estimate of drug-likeness (QED) is 0.449. The molecule has 35 heavy (non-hydrogen) atoms. The maximum Gasteiger partial charge on any atom is 0.279 e. The fourth-order valence-corrected chi connectivity index (χ4v) is 3.27. The van der Waals surface area contributed by atoms with Gasteiger partial charge >= 0.3 is 0 Å². The minimum atomic E-state index is -0.799. The van der Waals surface area contributed by atoms with Gasteiger partial charge in [0.2, 0.25) is 0 Å². The third kappa shape index (κ3) is 7.17. The zero-order chi connectivity index (χ0) is 25.6. The van der Waals surface area contributed by atoms with Crippen LogP contribution in [0.15, 0.2) is 72.8 Å². The van der Waals surface area contributed by atoms with Crippen LogP contribution in [0.4, 0.5) is 5.69 Å². The van der Waals surface area contributed by atoms with Crippen LogP contribution >= 0.6 is 0 Å². The summed E-state index contributed by atoms with van der Waals surface area (Å²) < 4.78 is 5.60. The van der Waals surface area contributed by atoms with Gasteiger partial charge in [0.25, 0.3) is 17.7 Å². The van der Waals surface area contributed by atoms with Crippen LogP contribution in [-0.4, -0.2) is 23.8 Å². The lowest BCUT2D eigenvalue weighted by Gasteiger charge is -2.19. The van der Waals surface area contributed by atoms with Crippen molar-refractivity contribution in [2.75, 3.05) is 5.32 Å². The molecule has 0 heterocycles. The van der Waals surface area contributed by atoms with Crippen molar-refractivity contribution >= 4 is 23.4 Å². The van der Waals surface area contributed by atoms with Crippen molar-refractivity contribution in [2.24, 2.45) is 0 Å². The summed E-state index contributed by atoms with van der Waals surface area (Å²) in [6.07, 6.45) is -0.799. The van der Waals surface area contributed by atoms with Gasteiger partial charge in [-0.15, -0.1) is 0 Å². The smallest absolute Gasteiger partial charge is 0.279 e. The third-order valence-electron chi connectivity index (χ3n) is 5.39. The molecule has 3 N–H and O–H groups in total. The van der Waals surface area contributed by atoms with Crippen LogP contribution in [0.25, 0.3) is 0 Å². The van der Waals surface area contributed by atoms with E-state index in [1.165, 1.54) is 0 Å². The Bertz CT molecular complexity index is 1200. The normalized spacial score (nSPS) is 11.8. The Labute approximate surface area is 205 Å². The monoisotopic (exact) mass is 473 g/mol. The Morgan fingerprint density at radius 2 is 1.40 bits per heavy atom. The Hall–Kier alpha value is -4.13. The Morgan fingerprint density at radius 3 is 2.00 bits per heavy atom. The number of carbonyl (C=O) groups excluding carboxylic acids is 3. The molecular weight excluding hydrogens is 442 g/mol. The minimum Gasteiger partial charge on any atom is -0.481 e. The summed E-state index contributed by atoms with van der Waals surface area (Å²) >= 11 is 0. The second-order valence-electron chi connectivity index (χ2n) is 9.38. The van der Waals surface area contributed by atoms with Gasteiger partial charge in [-0.2, -0.15) is 0 Å². The summed E-state index contributed by atoms with van der Waals surface area (Å²) in [7, 11) is 0. The molecule has 0 bridgehead atoms. The summed E-state index contributed by atoms with van der Waals surface area (Å²) in [5.74, 6) is -0.641. The van der Waals surface area contributed by atoms with Crippen molar-refractivity contribution in [3.63, 3.8) is 0 Å². The Morgan fingerprint density at radius 1 is 0.800 bits per heavy atom. The molecule has 0 fully saturated rings. The van der Waals surface area contributed by atoms with Gasteiger partial charge in [-0.1, -0.05) is 45.0 Å². The maximum atomic E-state index is 12.5. The fourth-order valence-electron chi connectivity index (χ4n) is 3.27. The molecule has 3 amide bonds. The van der Waals surface area contributed by atoms with Crippen molar-refractivity contribution in [2.45, 2.75) is 46.1 Å². The zero-order valence-electron chi connectivity index (χ0n) is 20.6. The predicted molar refractivity (Wildman–Crippen MR) is 136 cm³/mol. The third-order valence-corrected chi connectivity index (χ3v) is 5.39. The van der Waals surface area contributed by atoms with Crippen LogP contribution in [0.3, 0.4) is 0 Å². The summed E-state index contributed by atoms with van der Waals surface area (Å²) in [6, 6.07) is 21.2. The number of benzene rings is 3. The van der Waals surface area contributed by atoms with Gasteiger partial charge in [-0.05, 0) is 78.9 Å². The molecule has 182 valence electrons. The number of anilines is 1. The van der Waals surface area contributed by atoms with Crippen molar-refractivity contribution in [3.05, 3.63) is 95.1 Å². The minimum absolute atomic E-state index is 0.0109. The lowest BCUT2D eigenvalue weighted by molar-refractivity contribution is -0.128. The number of hydrogen-bond acceptors (Lipinski definition) is 4. The van der Waals surface area contributed by atoms with E-state index in [0.717, 1.165) is 11.1 Å². The van der Waals surface area contributed by atoms with Crippen LogP contribution < -0.4 is 20.9 Å². The molecule has 3 aromatic carbocycles. The van der Waals surface area contributed by atoms with E-state index in [0.29, 0.717) is 22.6 Å². The second-order valence-corrected chi connectivity index (χ2v) is 9.38.